The average molecular weight is 114 g/mol. The van der Waals surface area contributed by atoms with Gasteiger partial charge in [0.25, 0.3) is 0 Å². The molecule has 3 nitrogen and oxygen atoms in total. The van der Waals surface area contributed by atoms with Crippen molar-refractivity contribution in [2.75, 3.05) is 13.2 Å². The lowest BCUT2D eigenvalue weighted by molar-refractivity contribution is -0.136. The normalized spacial score (nSPS) is 18.1. The molecule has 0 radical (unpaired) electrons. The number of rotatable bonds is 1. The van der Waals surface area contributed by atoms with Crippen LogP contribution < -0.4 is 0 Å². The maximum absolute atomic E-state index is 10.4. The van der Waals surface area contributed by atoms with Gasteiger partial charge in [0, 0.05) is 0 Å². The first kappa shape index (κ1) is 5.31. The maximum atomic E-state index is 10.4. The first-order chi connectivity index (χ1) is 3.84. The highest BCUT2D eigenvalue weighted by Crippen LogP contribution is 2.03. The van der Waals surface area contributed by atoms with E-state index in [4.69, 9.17) is 5.11 Å². The van der Waals surface area contributed by atoms with Gasteiger partial charge in [0.05, 0.1) is 12.2 Å². The first-order valence-electron chi connectivity index (χ1n) is 2.31. The van der Waals surface area contributed by atoms with E-state index in [0.717, 1.165) is 0 Å². The summed E-state index contributed by atoms with van der Waals surface area (Å²) in [4.78, 5) is 10.4. The standard InChI is InChI=1S/C5H6O3/c6-3-4-1-2-8-5(4)7/h1,6H,2-3H2. The van der Waals surface area contributed by atoms with Crippen LogP contribution in [0.25, 0.3) is 0 Å². The van der Waals surface area contributed by atoms with Gasteiger partial charge in [0.2, 0.25) is 0 Å². The SMILES string of the molecule is O=C1OCC=C1CO. The molecule has 3 heteroatoms. The summed E-state index contributed by atoms with van der Waals surface area (Å²) in [7, 11) is 0. The highest BCUT2D eigenvalue weighted by Gasteiger charge is 2.13. The van der Waals surface area contributed by atoms with Crippen molar-refractivity contribution in [3.05, 3.63) is 11.6 Å². The molecule has 0 unspecified atom stereocenters. The molecule has 1 aliphatic heterocycles. The van der Waals surface area contributed by atoms with Gasteiger partial charge in [-0.15, -0.1) is 0 Å². The minimum atomic E-state index is -0.396. The molecule has 0 saturated carbocycles. The molecule has 0 saturated heterocycles. The molecule has 1 rings (SSSR count). The lowest BCUT2D eigenvalue weighted by Gasteiger charge is -1.89. The van der Waals surface area contributed by atoms with E-state index in [-0.39, 0.29) is 6.61 Å². The number of aliphatic hydroxyl groups is 1. The number of carbonyl (C=O) groups excluding carboxylic acids is 1. The Morgan fingerprint density at radius 2 is 2.62 bits per heavy atom. The second-order valence-corrected chi connectivity index (χ2v) is 1.49. The number of ether oxygens (including phenoxy) is 1. The third kappa shape index (κ3) is 0.721. The van der Waals surface area contributed by atoms with Gasteiger partial charge in [-0.1, -0.05) is 0 Å². The minimum Gasteiger partial charge on any atom is -0.458 e. The summed E-state index contributed by atoms with van der Waals surface area (Å²) in [6.45, 7) is 0.105. The fraction of sp³-hybridized carbons (Fsp3) is 0.400. The van der Waals surface area contributed by atoms with E-state index >= 15 is 0 Å². The summed E-state index contributed by atoms with van der Waals surface area (Å²) in [6, 6.07) is 0. The predicted octanol–water partition coefficient (Wildman–Crippen LogP) is -0.538. The van der Waals surface area contributed by atoms with Gasteiger partial charge >= 0.3 is 5.97 Å². The summed E-state index contributed by atoms with van der Waals surface area (Å²) in [5.74, 6) is -0.396. The van der Waals surface area contributed by atoms with Gasteiger partial charge in [-0.2, -0.15) is 0 Å². The zero-order valence-electron chi connectivity index (χ0n) is 4.26. The quantitative estimate of drug-likeness (QED) is 0.466. The second kappa shape index (κ2) is 1.96. The fourth-order valence-corrected chi connectivity index (χ4v) is 0.523. The molecule has 0 aliphatic carbocycles. The van der Waals surface area contributed by atoms with Crippen molar-refractivity contribution >= 4 is 5.97 Å². The van der Waals surface area contributed by atoms with Crippen molar-refractivity contribution in [2.45, 2.75) is 0 Å². The highest BCUT2D eigenvalue weighted by molar-refractivity contribution is 5.90. The topological polar surface area (TPSA) is 46.5 Å². The van der Waals surface area contributed by atoms with Crippen molar-refractivity contribution in [1.29, 1.82) is 0 Å². The molecule has 0 fully saturated rings. The van der Waals surface area contributed by atoms with E-state index in [1.807, 2.05) is 0 Å². The van der Waals surface area contributed by atoms with E-state index in [1.54, 1.807) is 6.08 Å². The van der Waals surface area contributed by atoms with E-state index in [9.17, 15) is 4.79 Å². The van der Waals surface area contributed by atoms with Crippen molar-refractivity contribution in [1.82, 2.24) is 0 Å². The third-order valence-electron chi connectivity index (χ3n) is 0.977. The van der Waals surface area contributed by atoms with Gasteiger partial charge in [0.15, 0.2) is 0 Å². The molecule has 0 spiro atoms. The van der Waals surface area contributed by atoms with Crippen molar-refractivity contribution in [3.8, 4) is 0 Å². The molecule has 1 heterocycles. The second-order valence-electron chi connectivity index (χ2n) is 1.49. The summed E-state index contributed by atoms with van der Waals surface area (Å²) < 4.78 is 4.46. The Kier molecular flexibility index (Phi) is 1.30. The van der Waals surface area contributed by atoms with Crippen LogP contribution in [-0.2, 0) is 9.53 Å². The number of cyclic esters (lactones) is 1. The molecule has 0 atom stereocenters. The van der Waals surface area contributed by atoms with Crippen LogP contribution in [0.3, 0.4) is 0 Å². The Labute approximate surface area is 46.6 Å². The molecule has 0 aromatic heterocycles. The Hall–Kier alpha value is -0.830. The Balaban J connectivity index is 2.62. The molecule has 0 bridgehead atoms. The van der Waals surface area contributed by atoms with Crippen molar-refractivity contribution in [2.24, 2.45) is 0 Å². The van der Waals surface area contributed by atoms with Crippen LogP contribution in [0.15, 0.2) is 11.6 Å². The number of esters is 1. The van der Waals surface area contributed by atoms with Gasteiger partial charge < -0.3 is 9.84 Å². The maximum Gasteiger partial charge on any atom is 0.336 e. The predicted molar refractivity (Wildman–Crippen MR) is 26.1 cm³/mol. The van der Waals surface area contributed by atoms with E-state index in [0.29, 0.717) is 12.2 Å². The van der Waals surface area contributed by atoms with Crippen LogP contribution in [0.2, 0.25) is 0 Å². The average Bonchev–Trinajstić information content (AvgIpc) is 2.14. The Morgan fingerprint density at radius 1 is 1.88 bits per heavy atom. The zero-order chi connectivity index (χ0) is 5.98. The molecular formula is C5H6O3. The highest BCUT2D eigenvalue weighted by atomic mass is 16.5. The smallest absolute Gasteiger partial charge is 0.336 e. The first-order valence-corrected chi connectivity index (χ1v) is 2.31. The number of hydrogen-bond donors (Lipinski definition) is 1. The van der Waals surface area contributed by atoms with Crippen LogP contribution >= 0.6 is 0 Å². The number of aliphatic hydroxyl groups excluding tert-OH is 1. The summed E-state index contributed by atoms with van der Waals surface area (Å²) in [5.41, 5.74) is 0.366. The van der Waals surface area contributed by atoms with Gasteiger partial charge in [0.1, 0.15) is 6.61 Å². The van der Waals surface area contributed by atoms with E-state index in [2.05, 4.69) is 4.74 Å². The molecular weight excluding hydrogens is 108 g/mol. The van der Waals surface area contributed by atoms with Gasteiger partial charge in [-0.3, -0.25) is 0 Å². The van der Waals surface area contributed by atoms with Gasteiger partial charge in [-0.25, -0.2) is 4.79 Å². The molecule has 1 aliphatic rings. The minimum absolute atomic E-state index is 0.209. The van der Waals surface area contributed by atoms with Crippen LogP contribution in [-0.4, -0.2) is 24.3 Å². The van der Waals surface area contributed by atoms with E-state index in [1.165, 1.54) is 0 Å². The monoisotopic (exact) mass is 114 g/mol. The number of carbonyl (C=O) groups is 1. The van der Waals surface area contributed by atoms with Crippen molar-refractivity contribution < 1.29 is 14.6 Å². The lowest BCUT2D eigenvalue weighted by Crippen LogP contribution is -2.01. The zero-order valence-corrected chi connectivity index (χ0v) is 4.26. The van der Waals surface area contributed by atoms with Crippen LogP contribution in [0.4, 0.5) is 0 Å². The third-order valence-corrected chi connectivity index (χ3v) is 0.977. The molecule has 8 heavy (non-hydrogen) atoms. The molecule has 0 aromatic rings. The molecule has 0 amide bonds. The van der Waals surface area contributed by atoms with Gasteiger partial charge in [-0.05, 0) is 6.08 Å². The molecule has 44 valence electrons. The van der Waals surface area contributed by atoms with Crippen LogP contribution in [0.5, 0.6) is 0 Å². The molecule has 0 aromatic carbocycles. The van der Waals surface area contributed by atoms with Crippen LogP contribution in [0, 0.1) is 0 Å². The van der Waals surface area contributed by atoms with Crippen LogP contribution in [0.1, 0.15) is 0 Å². The summed E-state index contributed by atoms with van der Waals surface area (Å²) >= 11 is 0. The lowest BCUT2D eigenvalue weighted by atomic mass is 10.3. The largest absolute Gasteiger partial charge is 0.458 e. The molecule has 1 N–H and O–H groups in total. The Morgan fingerprint density at radius 3 is 2.88 bits per heavy atom. The Bertz CT molecular complexity index is 137. The van der Waals surface area contributed by atoms with E-state index < -0.39 is 5.97 Å². The number of hydrogen-bond acceptors (Lipinski definition) is 3. The fourth-order valence-electron chi connectivity index (χ4n) is 0.523. The van der Waals surface area contributed by atoms with Crippen molar-refractivity contribution in [3.63, 3.8) is 0 Å². The summed E-state index contributed by atoms with van der Waals surface area (Å²) in [5, 5.41) is 8.37. The summed E-state index contributed by atoms with van der Waals surface area (Å²) in [6.07, 6.45) is 1.57.